The minimum Gasteiger partial charge on any atom is -0.460 e. The average Bonchev–Trinajstić information content (AvgIpc) is 2.32. The molecular weight excluding hydrogens is 272 g/mol. The number of hydrogen-bond acceptors (Lipinski definition) is 4. The second kappa shape index (κ2) is 6.16. The lowest BCUT2D eigenvalue weighted by Gasteiger charge is -2.46. The summed E-state index contributed by atoms with van der Waals surface area (Å²) in [5.74, 6) is -0.141. The summed E-state index contributed by atoms with van der Waals surface area (Å²) in [6.45, 7) is 15.1. The number of ether oxygens (including phenoxy) is 2. The van der Waals surface area contributed by atoms with Crippen molar-refractivity contribution in [3.05, 3.63) is 0 Å². The molecule has 0 N–H and O–H groups in total. The predicted octanol–water partition coefficient (Wildman–Crippen LogP) is 3.36. The number of hydrogen-bond donors (Lipinski definition) is 0. The minimum atomic E-state index is -1.95. The molecule has 0 unspecified atom stereocenters. The highest BCUT2D eigenvalue weighted by Crippen LogP contribution is 2.40. The molecule has 1 heterocycles. The Bertz CT molecular complexity index is 348. The SMILES string of the molecule is CC[C@@H]1OC(=O)[C@H](OC)[C@@H](O[Si](C)(C)C(C)(C)C)[C@@H]1C. The third-order valence-corrected chi connectivity index (χ3v) is 9.27. The first-order valence-electron chi connectivity index (χ1n) is 7.46. The fourth-order valence-electron chi connectivity index (χ4n) is 2.32. The fourth-order valence-corrected chi connectivity index (χ4v) is 3.69. The third kappa shape index (κ3) is 3.43. The number of methoxy groups -OCH3 is 1. The number of carbonyl (C=O) groups is 1. The van der Waals surface area contributed by atoms with E-state index in [1.165, 1.54) is 0 Å². The largest absolute Gasteiger partial charge is 0.460 e. The molecule has 0 saturated carbocycles. The van der Waals surface area contributed by atoms with E-state index < -0.39 is 14.4 Å². The van der Waals surface area contributed by atoms with Crippen LogP contribution in [0.2, 0.25) is 18.1 Å². The van der Waals surface area contributed by atoms with Gasteiger partial charge in [0.15, 0.2) is 14.4 Å². The summed E-state index contributed by atoms with van der Waals surface area (Å²) in [7, 11) is -0.403. The number of esters is 1. The van der Waals surface area contributed by atoms with Crippen molar-refractivity contribution in [2.24, 2.45) is 5.92 Å². The summed E-state index contributed by atoms with van der Waals surface area (Å²) in [5, 5.41) is 0.105. The van der Waals surface area contributed by atoms with E-state index in [2.05, 4.69) is 40.8 Å². The molecule has 5 heteroatoms. The van der Waals surface area contributed by atoms with E-state index in [4.69, 9.17) is 13.9 Å². The lowest BCUT2D eigenvalue weighted by Crippen LogP contribution is -2.57. The quantitative estimate of drug-likeness (QED) is 0.590. The maximum atomic E-state index is 12.1. The second-order valence-electron chi connectivity index (χ2n) is 7.24. The van der Waals surface area contributed by atoms with Crippen LogP contribution in [-0.4, -0.2) is 39.7 Å². The summed E-state index contributed by atoms with van der Waals surface area (Å²) in [5.41, 5.74) is 0. The summed E-state index contributed by atoms with van der Waals surface area (Å²) in [6, 6.07) is 0. The number of rotatable bonds is 4. The van der Waals surface area contributed by atoms with Crippen LogP contribution in [0.25, 0.3) is 0 Å². The van der Waals surface area contributed by atoms with Gasteiger partial charge in [0.1, 0.15) is 6.10 Å². The first-order chi connectivity index (χ1) is 9.05. The second-order valence-corrected chi connectivity index (χ2v) is 12.0. The zero-order valence-corrected chi connectivity index (χ0v) is 15.1. The van der Waals surface area contributed by atoms with Crippen molar-refractivity contribution >= 4 is 14.3 Å². The normalized spacial score (nSPS) is 32.1. The van der Waals surface area contributed by atoms with Crippen LogP contribution in [0.3, 0.4) is 0 Å². The smallest absolute Gasteiger partial charge is 0.338 e. The van der Waals surface area contributed by atoms with Crippen molar-refractivity contribution in [3.63, 3.8) is 0 Å². The number of carbonyl (C=O) groups excluding carboxylic acids is 1. The summed E-state index contributed by atoms with van der Waals surface area (Å²) >= 11 is 0. The van der Waals surface area contributed by atoms with Gasteiger partial charge in [0.05, 0.1) is 6.10 Å². The van der Waals surface area contributed by atoms with Gasteiger partial charge in [-0.3, -0.25) is 0 Å². The molecule has 1 saturated heterocycles. The maximum Gasteiger partial charge on any atom is 0.338 e. The van der Waals surface area contributed by atoms with Crippen LogP contribution in [0.1, 0.15) is 41.0 Å². The Morgan fingerprint density at radius 2 is 1.85 bits per heavy atom. The summed E-state index contributed by atoms with van der Waals surface area (Å²) in [6.07, 6.45) is -0.0987. The molecule has 4 atom stereocenters. The Kier molecular flexibility index (Phi) is 5.44. The van der Waals surface area contributed by atoms with Crippen molar-refractivity contribution in [2.75, 3.05) is 7.11 Å². The minimum absolute atomic E-state index is 0.0799. The van der Waals surface area contributed by atoms with Crippen molar-refractivity contribution < 1.29 is 18.7 Å². The van der Waals surface area contributed by atoms with Gasteiger partial charge in [0, 0.05) is 13.0 Å². The summed E-state index contributed by atoms with van der Waals surface area (Å²) < 4.78 is 17.3. The predicted molar refractivity (Wildman–Crippen MR) is 82.2 cm³/mol. The van der Waals surface area contributed by atoms with E-state index >= 15 is 0 Å². The molecule has 1 aliphatic rings. The van der Waals surface area contributed by atoms with Crippen LogP contribution in [0.15, 0.2) is 0 Å². The van der Waals surface area contributed by atoms with Crippen LogP contribution in [0, 0.1) is 5.92 Å². The highest BCUT2D eigenvalue weighted by atomic mass is 28.4. The zero-order chi connectivity index (χ0) is 15.7. The zero-order valence-electron chi connectivity index (χ0n) is 14.1. The lowest BCUT2D eigenvalue weighted by atomic mass is 9.90. The van der Waals surface area contributed by atoms with Crippen LogP contribution in [0.5, 0.6) is 0 Å². The molecule has 0 aliphatic carbocycles. The Balaban J connectivity index is 3.00. The first-order valence-corrected chi connectivity index (χ1v) is 10.4. The molecule has 1 aliphatic heterocycles. The van der Waals surface area contributed by atoms with Crippen molar-refractivity contribution in [1.82, 2.24) is 0 Å². The van der Waals surface area contributed by atoms with E-state index in [0.29, 0.717) is 0 Å². The van der Waals surface area contributed by atoms with Crippen molar-refractivity contribution in [2.45, 2.75) is 77.5 Å². The maximum absolute atomic E-state index is 12.1. The fraction of sp³-hybridized carbons (Fsp3) is 0.933. The molecule has 0 aromatic rings. The van der Waals surface area contributed by atoms with E-state index in [9.17, 15) is 4.79 Å². The molecule has 0 aromatic heterocycles. The first kappa shape index (κ1) is 17.7. The Morgan fingerprint density at radius 3 is 2.25 bits per heavy atom. The summed E-state index contributed by atoms with van der Waals surface area (Å²) in [4.78, 5) is 12.1. The van der Waals surface area contributed by atoms with Gasteiger partial charge in [-0.1, -0.05) is 34.6 Å². The lowest BCUT2D eigenvalue weighted by molar-refractivity contribution is -0.191. The van der Waals surface area contributed by atoms with Gasteiger partial charge in [-0.2, -0.15) is 0 Å². The molecule has 4 nitrogen and oxygen atoms in total. The molecule has 1 fully saturated rings. The average molecular weight is 302 g/mol. The molecule has 0 bridgehead atoms. The van der Waals surface area contributed by atoms with Gasteiger partial charge in [-0.05, 0) is 24.6 Å². The van der Waals surface area contributed by atoms with Crippen LogP contribution in [-0.2, 0) is 18.7 Å². The van der Waals surface area contributed by atoms with Gasteiger partial charge >= 0.3 is 5.97 Å². The molecule has 0 amide bonds. The molecule has 0 spiro atoms. The van der Waals surface area contributed by atoms with Crippen LogP contribution in [0.4, 0.5) is 0 Å². The highest BCUT2D eigenvalue weighted by Gasteiger charge is 2.49. The van der Waals surface area contributed by atoms with Gasteiger partial charge in [0.25, 0.3) is 0 Å². The van der Waals surface area contributed by atoms with Crippen LogP contribution >= 0.6 is 0 Å². The van der Waals surface area contributed by atoms with Gasteiger partial charge in [-0.15, -0.1) is 0 Å². The van der Waals surface area contributed by atoms with E-state index in [-0.39, 0.29) is 29.1 Å². The van der Waals surface area contributed by atoms with Gasteiger partial charge < -0.3 is 13.9 Å². The molecule has 0 aromatic carbocycles. The van der Waals surface area contributed by atoms with E-state index in [1.807, 2.05) is 6.92 Å². The monoisotopic (exact) mass is 302 g/mol. The molecule has 1 rings (SSSR count). The molecule has 118 valence electrons. The van der Waals surface area contributed by atoms with E-state index in [1.54, 1.807) is 7.11 Å². The topological polar surface area (TPSA) is 44.8 Å². The standard InChI is InChI=1S/C15H30O4Si/c1-9-11-10(2)12(13(17-6)14(16)18-11)19-20(7,8)15(3,4)5/h10-13H,9H2,1-8H3/t10-,11+,12+,13-/m1/s1. The highest BCUT2D eigenvalue weighted by molar-refractivity contribution is 6.74. The van der Waals surface area contributed by atoms with E-state index in [0.717, 1.165) is 6.42 Å². The van der Waals surface area contributed by atoms with Crippen LogP contribution < -0.4 is 0 Å². The Morgan fingerprint density at radius 1 is 1.30 bits per heavy atom. The molecule has 0 radical (unpaired) electrons. The molecular formula is C15H30O4Si. The Hall–Kier alpha value is -0.393. The number of cyclic esters (lactones) is 1. The molecule has 20 heavy (non-hydrogen) atoms. The van der Waals surface area contributed by atoms with Crippen molar-refractivity contribution in [1.29, 1.82) is 0 Å². The third-order valence-electron chi connectivity index (χ3n) is 4.80. The van der Waals surface area contributed by atoms with Gasteiger partial charge in [-0.25, -0.2) is 4.79 Å². The van der Waals surface area contributed by atoms with Gasteiger partial charge in [0.2, 0.25) is 0 Å². The van der Waals surface area contributed by atoms with Crippen molar-refractivity contribution in [3.8, 4) is 0 Å². The Labute approximate surface area is 124 Å².